The van der Waals surface area contributed by atoms with Crippen LogP contribution in [0.4, 0.5) is 0 Å². The fourth-order valence-electron chi connectivity index (χ4n) is 1.97. The number of fused-ring (bicyclic) bond motifs is 1. The molecule has 0 bridgehead atoms. The molecule has 1 atom stereocenters. The van der Waals surface area contributed by atoms with E-state index < -0.39 is 0 Å². The zero-order valence-corrected chi connectivity index (χ0v) is 9.95. The minimum absolute atomic E-state index is 0.362. The minimum atomic E-state index is 0.362. The molecule has 1 aliphatic rings. The molecular formula is C13H19NO2. The van der Waals surface area contributed by atoms with Crippen LogP contribution in [0.3, 0.4) is 0 Å². The van der Waals surface area contributed by atoms with Gasteiger partial charge in [-0.1, -0.05) is 12.1 Å². The Kier molecular flexibility index (Phi) is 3.80. The summed E-state index contributed by atoms with van der Waals surface area (Å²) in [7, 11) is 1.72. The van der Waals surface area contributed by atoms with Crippen molar-refractivity contribution in [2.75, 3.05) is 26.9 Å². The molecule has 16 heavy (non-hydrogen) atoms. The zero-order chi connectivity index (χ0) is 11.4. The molecule has 0 saturated heterocycles. The smallest absolute Gasteiger partial charge is 0.122 e. The monoisotopic (exact) mass is 221 g/mol. The molecule has 0 saturated carbocycles. The van der Waals surface area contributed by atoms with E-state index in [4.69, 9.17) is 9.47 Å². The molecule has 1 heterocycles. The van der Waals surface area contributed by atoms with Gasteiger partial charge in [-0.3, -0.25) is 0 Å². The van der Waals surface area contributed by atoms with Gasteiger partial charge in [-0.05, 0) is 24.1 Å². The van der Waals surface area contributed by atoms with Gasteiger partial charge in [-0.2, -0.15) is 0 Å². The van der Waals surface area contributed by atoms with E-state index in [2.05, 4.69) is 30.4 Å². The van der Waals surface area contributed by atoms with Crippen molar-refractivity contribution in [3.63, 3.8) is 0 Å². The van der Waals surface area contributed by atoms with E-state index in [0.29, 0.717) is 6.04 Å². The van der Waals surface area contributed by atoms with E-state index in [-0.39, 0.29) is 0 Å². The summed E-state index contributed by atoms with van der Waals surface area (Å²) in [5.74, 6) is 1.05. The summed E-state index contributed by atoms with van der Waals surface area (Å²) < 4.78 is 10.5. The first-order chi connectivity index (χ1) is 7.81. The van der Waals surface area contributed by atoms with E-state index in [9.17, 15) is 0 Å². The van der Waals surface area contributed by atoms with Crippen LogP contribution in [0.5, 0.6) is 5.75 Å². The maximum atomic E-state index is 5.49. The van der Waals surface area contributed by atoms with Crippen molar-refractivity contribution >= 4 is 0 Å². The molecule has 0 radical (unpaired) electrons. The summed E-state index contributed by atoms with van der Waals surface area (Å²) in [6.45, 7) is 4.63. The summed E-state index contributed by atoms with van der Waals surface area (Å²) in [6, 6.07) is 6.81. The number of ether oxygens (including phenoxy) is 2. The van der Waals surface area contributed by atoms with E-state index in [1.165, 1.54) is 11.1 Å². The van der Waals surface area contributed by atoms with E-state index >= 15 is 0 Å². The molecule has 1 aliphatic heterocycles. The Balaban J connectivity index is 1.98. The van der Waals surface area contributed by atoms with Crippen molar-refractivity contribution in [1.82, 2.24) is 5.32 Å². The van der Waals surface area contributed by atoms with Gasteiger partial charge in [0.15, 0.2) is 0 Å². The van der Waals surface area contributed by atoms with Gasteiger partial charge in [0.05, 0.1) is 13.2 Å². The lowest BCUT2D eigenvalue weighted by Gasteiger charge is -2.14. The highest BCUT2D eigenvalue weighted by Gasteiger charge is 2.13. The van der Waals surface area contributed by atoms with Gasteiger partial charge in [-0.15, -0.1) is 0 Å². The van der Waals surface area contributed by atoms with Gasteiger partial charge >= 0.3 is 0 Å². The van der Waals surface area contributed by atoms with Crippen LogP contribution < -0.4 is 10.1 Å². The van der Waals surface area contributed by atoms with Crippen LogP contribution in [0.2, 0.25) is 0 Å². The molecule has 0 aliphatic carbocycles. The highest BCUT2D eigenvalue weighted by Crippen LogP contribution is 2.27. The third kappa shape index (κ3) is 2.54. The van der Waals surface area contributed by atoms with Crippen LogP contribution in [-0.2, 0) is 11.2 Å². The van der Waals surface area contributed by atoms with Crippen molar-refractivity contribution in [3.05, 3.63) is 29.3 Å². The van der Waals surface area contributed by atoms with E-state index in [0.717, 1.165) is 31.9 Å². The molecule has 0 fully saturated rings. The molecule has 3 nitrogen and oxygen atoms in total. The first-order valence-electron chi connectivity index (χ1n) is 5.79. The van der Waals surface area contributed by atoms with Crippen molar-refractivity contribution < 1.29 is 9.47 Å². The summed E-state index contributed by atoms with van der Waals surface area (Å²) in [5.41, 5.74) is 2.65. The van der Waals surface area contributed by atoms with Crippen LogP contribution in [0.15, 0.2) is 18.2 Å². The third-order valence-corrected chi connectivity index (χ3v) is 2.97. The van der Waals surface area contributed by atoms with Crippen LogP contribution in [0, 0.1) is 0 Å². The van der Waals surface area contributed by atoms with Gasteiger partial charge in [0, 0.05) is 26.1 Å². The molecular weight excluding hydrogens is 202 g/mol. The number of benzene rings is 1. The minimum Gasteiger partial charge on any atom is -0.493 e. The Hall–Kier alpha value is -1.06. The number of hydrogen-bond acceptors (Lipinski definition) is 3. The normalized spacial score (nSPS) is 15.6. The molecule has 3 heteroatoms. The van der Waals surface area contributed by atoms with Crippen molar-refractivity contribution in [2.24, 2.45) is 0 Å². The molecule has 0 spiro atoms. The Labute approximate surface area is 96.8 Å². The highest BCUT2D eigenvalue weighted by molar-refractivity contribution is 5.40. The second kappa shape index (κ2) is 5.32. The number of hydrogen-bond donors (Lipinski definition) is 1. The summed E-state index contributed by atoms with van der Waals surface area (Å²) >= 11 is 0. The fraction of sp³-hybridized carbons (Fsp3) is 0.538. The summed E-state index contributed by atoms with van der Waals surface area (Å²) in [5, 5.41) is 3.43. The van der Waals surface area contributed by atoms with Crippen LogP contribution in [0.1, 0.15) is 24.1 Å². The second-order valence-corrected chi connectivity index (χ2v) is 4.13. The lowest BCUT2D eigenvalue weighted by molar-refractivity contribution is 0.196. The number of rotatable bonds is 5. The predicted molar refractivity (Wildman–Crippen MR) is 63.9 cm³/mol. The highest BCUT2D eigenvalue weighted by atomic mass is 16.5. The van der Waals surface area contributed by atoms with E-state index in [1.807, 2.05) is 0 Å². The van der Waals surface area contributed by atoms with Gasteiger partial charge in [0.2, 0.25) is 0 Å². The topological polar surface area (TPSA) is 30.5 Å². The number of methoxy groups -OCH3 is 1. The van der Waals surface area contributed by atoms with Crippen molar-refractivity contribution in [1.29, 1.82) is 0 Å². The molecule has 1 aromatic carbocycles. The third-order valence-electron chi connectivity index (χ3n) is 2.97. The maximum absolute atomic E-state index is 5.49. The Bertz CT molecular complexity index is 352. The molecule has 1 aromatic rings. The van der Waals surface area contributed by atoms with Gasteiger partial charge in [0.1, 0.15) is 5.75 Å². The van der Waals surface area contributed by atoms with Crippen LogP contribution in [-0.4, -0.2) is 26.9 Å². The van der Waals surface area contributed by atoms with Gasteiger partial charge < -0.3 is 14.8 Å². The molecule has 0 aromatic heterocycles. The van der Waals surface area contributed by atoms with Gasteiger partial charge in [-0.25, -0.2) is 0 Å². The molecule has 88 valence electrons. The summed E-state index contributed by atoms with van der Waals surface area (Å²) in [6.07, 6.45) is 1.04. The molecule has 1 unspecified atom stereocenters. The van der Waals surface area contributed by atoms with E-state index in [1.54, 1.807) is 7.11 Å². The first kappa shape index (κ1) is 11.4. The lowest BCUT2D eigenvalue weighted by Crippen LogP contribution is -2.22. The zero-order valence-electron chi connectivity index (χ0n) is 9.95. The second-order valence-electron chi connectivity index (χ2n) is 4.13. The SMILES string of the molecule is COCCNC(C)c1ccc2c(c1)CCO2. The predicted octanol–water partition coefficient (Wildman–Crippen LogP) is 1.92. The number of nitrogens with one attached hydrogen (secondary N) is 1. The largest absolute Gasteiger partial charge is 0.493 e. The average molecular weight is 221 g/mol. The Morgan fingerprint density at radius 3 is 3.19 bits per heavy atom. The molecule has 0 amide bonds. The van der Waals surface area contributed by atoms with Crippen LogP contribution in [0.25, 0.3) is 0 Å². The molecule has 1 N–H and O–H groups in total. The molecule has 2 rings (SSSR count). The Morgan fingerprint density at radius 2 is 2.38 bits per heavy atom. The van der Waals surface area contributed by atoms with Gasteiger partial charge in [0.25, 0.3) is 0 Å². The summed E-state index contributed by atoms with van der Waals surface area (Å²) in [4.78, 5) is 0. The van der Waals surface area contributed by atoms with Crippen LogP contribution >= 0.6 is 0 Å². The standard InChI is InChI=1S/C13H19NO2/c1-10(14-6-8-15-2)11-3-4-13-12(9-11)5-7-16-13/h3-4,9-10,14H,5-8H2,1-2H3. The first-order valence-corrected chi connectivity index (χ1v) is 5.79. The average Bonchev–Trinajstić information content (AvgIpc) is 2.76. The van der Waals surface area contributed by atoms with Crippen molar-refractivity contribution in [2.45, 2.75) is 19.4 Å². The fourth-order valence-corrected chi connectivity index (χ4v) is 1.97. The van der Waals surface area contributed by atoms with Crippen molar-refractivity contribution in [3.8, 4) is 5.75 Å². The Morgan fingerprint density at radius 1 is 1.50 bits per heavy atom. The lowest BCUT2D eigenvalue weighted by atomic mass is 10.0. The maximum Gasteiger partial charge on any atom is 0.122 e. The quantitative estimate of drug-likeness (QED) is 0.771.